The summed E-state index contributed by atoms with van der Waals surface area (Å²) < 4.78 is 0. The third-order valence-electron chi connectivity index (χ3n) is 4.10. The van der Waals surface area contributed by atoms with Gasteiger partial charge in [0.2, 0.25) is 0 Å². The van der Waals surface area contributed by atoms with Crippen LogP contribution >= 0.6 is 0 Å². The molecule has 6 heteroatoms. The Kier molecular flexibility index (Phi) is 2.57. The minimum atomic E-state index is -0.813. The monoisotopic (exact) mass is 249 g/mol. The number of aromatic amines is 1. The van der Waals surface area contributed by atoms with Crippen molar-refractivity contribution >= 4 is 11.8 Å². The van der Waals surface area contributed by atoms with E-state index >= 15 is 0 Å². The summed E-state index contributed by atoms with van der Waals surface area (Å²) in [4.78, 5) is 31.1. The maximum absolute atomic E-state index is 11.5. The fraction of sp³-hybridized carbons (Fsp3) is 0.583. The minimum absolute atomic E-state index is 0.198. The Balaban J connectivity index is 1.96. The quantitative estimate of drug-likeness (QED) is 0.795. The van der Waals surface area contributed by atoms with E-state index in [0.29, 0.717) is 18.3 Å². The van der Waals surface area contributed by atoms with Crippen molar-refractivity contribution < 1.29 is 9.90 Å². The zero-order chi connectivity index (χ0) is 12.7. The van der Waals surface area contributed by atoms with E-state index in [1.165, 1.54) is 12.4 Å². The second kappa shape index (κ2) is 4.12. The normalized spacial score (nSPS) is 30.4. The van der Waals surface area contributed by atoms with Gasteiger partial charge in [0.15, 0.2) is 0 Å². The molecule has 3 atom stereocenters. The molecule has 1 aliphatic heterocycles. The summed E-state index contributed by atoms with van der Waals surface area (Å²) in [7, 11) is 0. The van der Waals surface area contributed by atoms with Crippen molar-refractivity contribution in [3.63, 3.8) is 0 Å². The van der Waals surface area contributed by atoms with Gasteiger partial charge in [0.05, 0.1) is 6.33 Å². The second-order valence-electron chi connectivity index (χ2n) is 5.06. The number of hydrogen-bond donors (Lipinski definition) is 2. The van der Waals surface area contributed by atoms with Crippen molar-refractivity contribution in [2.75, 3.05) is 11.4 Å². The molecule has 2 fully saturated rings. The maximum Gasteiger partial charge on any atom is 0.326 e. The zero-order valence-corrected chi connectivity index (χ0v) is 9.87. The van der Waals surface area contributed by atoms with Crippen LogP contribution in [0.5, 0.6) is 0 Å². The van der Waals surface area contributed by atoms with Crippen LogP contribution in [0.3, 0.4) is 0 Å². The molecule has 3 rings (SSSR count). The van der Waals surface area contributed by atoms with Gasteiger partial charge in [-0.3, -0.25) is 4.79 Å². The van der Waals surface area contributed by atoms with E-state index in [1.54, 1.807) is 4.90 Å². The molecule has 0 aromatic carbocycles. The van der Waals surface area contributed by atoms with E-state index < -0.39 is 12.0 Å². The average Bonchev–Trinajstić information content (AvgIpc) is 2.87. The van der Waals surface area contributed by atoms with E-state index in [1.807, 2.05) is 0 Å². The molecule has 2 aliphatic rings. The molecule has 0 amide bonds. The Morgan fingerprint density at radius 1 is 1.50 bits per heavy atom. The molecule has 1 aliphatic carbocycles. The Labute approximate surface area is 104 Å². The van der Waals surface area contributed by atoms with Crippen LogP contribution in [-0.4, -0.2) is 33.6 Å². The van der Waals surface area contributed by atoms with Gasteiger partial charge in [-0.25, -0.2) is 9.78 Å². The Morgan fingerprint density at radius 3 is 3.06 bits per heavy atom. The number of anilines is 1. The van der Waals surface area contributed by atoms with E-state index in [9.17, 15) is 14.7 Å². The van der Waals surface area contributed by atoms with Gasteiger partial charge in [0.1, 0.15) is 11.9 Å². The van der Waals surface area contributed by atoms with Gasteiger partial charge in [-0.15, -0.1) is 0 Å². The van der Waals surface area contributed by atoms with Crippen LogP contribution in [-0.2, 0) is 4.79 Å². The van der Waals surface area contributed by atoms with Crippen molar-refractivity contribution in [1.82, 2.24) is 9.97 Å². The first-order valence-corrected chi connectivity index (χ1v) is 6.21. The number of H-pyrrole nitrogens is 1. The van der Waals surface area contributed by atoms with E-state index in [4.69, 9.17) is 0 Å². The fourth-order valence-corrected chi connectivity index (χ4v) is 3.37. The molecule has 1 saturated heterocycles. The lowest BCUT2D eigenvalue weighted by Crippen LogP contribution is -2.40. The van der Waals surface area contributed by atoms with E-state index in [-0.39, 0.29) is 11.5 Å². The van der Waals surface area contributed by atoms with Crippen LogP contribution < -0.4 is 10.5 Å². The number of aromatic nitrogens is 2. The summed E-state index contributed by atoms with van der Waals surface area (Å²) in [5, 5.41) is 9.41. The summed E-state index contributed by atoms with van der Waals surface area (Å²) in [6.07, 6.45) is 4.47. The van der Waals surface area contributed by atoms with Gasteiger partial charge < -0.3 is 15.0 Å². The van der Waals surface area contributed by atoms with Crippen LogP contribution in [0.25, 0.3) is 0 Å². The lowest BCUT2D eigenvalue weighted by atomic mass is 9.94. The molecule has 18 heavy (non-hydrogen) atoms. The van der Waals surface area contributed by atoms with Crippen LogP contribution in [0, 0.1) is 11.8 Å². The highest BCUT2D eigenvalue weighted by Crippen LogP contribution is 2.43. The molecule has 0 bridgehead atoms. The molecule has 0 radical (unpaired) electrons. The van der Waals surface area contributed by atoms with Gasteiger partial charge in [0.25, 0.3) is 5.56 Å². The number of nitrogens with zero attached hydrogens (tertiary/aromatic N) is 2. The van der Waals surface area contributed by atoms with Gasteiger partial charge in [-0.2, -0.15) is 0 Å². The van der Waals surface area contributed by atoms with Crippen LogP contribution in [0.1, 0.15) is 19.3 Å². The van der Waals surface area contributed by atoms with Crippen LogP contribution in [0.2, 0.25) is 0 Å². The van der Waals surface area contributed by atoms with Crippen molar-refractivity contribution in [3.05, 3.63) is 22.7 Å². The first-order chi connectivity index (χ1) is 8.66. The van der Waals surface area contributed by atoms with Crippen LogP contribution in [0.15, 0.2) is 17.2 Å². The van der Waals surface area contributed by atoms with E-state index in [2.05, 4.69) is 9.97 Å². The molecule has 2 N–H and O–H groups in total. The van der Waals surface area contributed by atoms with Crippen molar-refractivity contribution in [2.45, 2.75) is 25.3 Å². The number of carboxylic acid groups (broad SMARTS) is 1. The second-order valence-corrected chi connectivity index (χ2v) is 5.06. The molecule has 96 valence electrons. The number of rotatable bonds is 2. The summed E-state index contributed by atoms with van der Waals surface area (Å²) in [6.45, 7) is 0.693. The Hall–Kier alpha value is -1.85. The SMILES string of the molecule is O=C(O)C1C2CCCC2CN1c1cc(=O)[nH]cn1. The largest absolute Gasteiger partial charge is 0.480 e. The smallest absolute Gasteiger partial charge is 0.326 e. The summed E-state index contributed by atoms with van der Waals surface area (Å²) in [5.74, 6) is 0.280. The third-order valence-corrected chi connectivity index (χ3v) is 4.10. The summed E-state index contributed by atoms with van der Waals surface area (Å²) in [6, 6.07) is 0.837. The number of carboxylic acids is 1. The molecule has 3 unspecified atom stereocenters. The topological polar surface area (TPSA) is 86.3 Å². The van der Waals surface area contributed by atoms with Crippen molar-refractivity contribution in [2.24, 2.45) is 11.8 Å². The molecule has 1 aromatic heterocycles. The minimum Gasteiger partial charge on any atom is -0.480 e. The maximum atomic E-state index is 11.5. The third kappa shape index (κ3) is 1.68. The Bertz CT molecular complexity index is 527. The molecular formula is C12H15N3O3. The zero-order valence-electron chi connectivity index (χ0n) is 9.87. The first-order valence-electron chi connectivity index (χ1n) is 6.21. The predicted molar refractivity (Wildman–Crippen MR) is 64.5 cm³/mol. The fourth-order valence-electron chi connectivity index (χ4n) is 3.37. The van der Waals surface area contributed by atoms with E-state index in [0.717, 1.165) is 19.3 Å². The number of carbonyl (C=O) groups is 1. The lowest BCUT2D eigenvalue weighted by molar-refractivity contribution is -0.139. The van der Waals surface area contributed by atoms with Gasteiger partial charge >= 0.3 is 5.97 Å². The lowest BCUT2D eigenvalue weighted by Gasteiger charge is -2.24. The number of aliphatic carboxylic acids is 1. The standard InChI is InChI=1S/C12H15N3O3/c16-10-4-9(13-6-14-10)15-5-7-2-1-3-8(7)11(15)12(17)18/h4,6-8,11H,1-3,5H2,(H,17,18)(H,13,14,16). The highest BCUT2D eigenvalue weighted by atomic mass is 16.4. The highest BCUT2D eigenvalue weighted by Gasteiger charge is 2.48. The summed E-state index contributed by atoms with van der Waals surface area (Å²) in [5.41, 5.74) is -0.249. The molecule has 6 nitrogen and oxygen atoms in total. The molecule has 1 saturated carbocycles. The molecule has 1 aromatic rings. The average molecular weight is 249 g/mol. The van der Waals surface area contributed by atoms with Gasteiger partial charge in [0, 0.05) is 12.6 Å². The van der Waals surface area contributed by atoms with Gasteiger partial charge in [-0.05, 0) is 24.7 Å². The highest BCUT2D eigenvalue weighted by molar-refractivity contribution is 5.79. The number of nitrogens with one attached hydrogen (secondary N) is 1. The summed E-state index contributed by atoms with van der Waals surface area (Å²) >= 11 is 0. The van der Waals surface area contributed by atoms with Crippen molar-refractivity contribution in [1.29, 1.82) is 0 Å². The number of hydrogen-bond acceptors (Lipinski definition) is 4. The van der Waals surface area contributed by atoms with Crippen LogP contribution in [0.4, 0.5) is 5.82 Å². The van der Waals surface area contributed by atoms with Gasteiger partial charge in [-0.1, -0.05) is 6.42 Å². The van der Waals surface area contributed by atoms with Crippen molar-refractivity contribution in [3.8, 4) is 0 Å². The molecular weight excluding hydrogens is 234 g/mol. The molecule has 0 spiro atoms. The Morgan fingerprint density at radius 2 is 2.33 bits per heavy atom. The number of fused-ring (bicyclic) bond motifs is 1. The molecule has 2 heterocycles. The predicted octanol–water partition coefficient (Wildman–Crippen LogP) is 0.459. The first kappa shape index (κ1) is 11.3.